The van der Waals surface area contributed by atoms with Gasteiger partial charge in [0.05, 0.1) is 40.4 Å². The second kappa shape index (κ2) is 16.2. The molecule has 0 aliphatic carbocycles. The maximum absolute atomic E-state index is 7.66. The molecule has 0 amide bonds. The first-order valence-electron chi connectivity index (χ1n) is 21.1. The van der Waals surface area contributed by atoms with Crippen molar-refractivity contribution in [3.8, 4) is 22.9 Å². The van der Waals surface area contributed by atoms with Crippen molar-refractivity contribution < 1.29 is 0 Å². The summed E-state index contributed by atoms with van der Waals surface area (Å²) in [6.07, 6.45) is 0. The number of rotatable bonds is 2. The van der Waals surface area contributed by atoms with E-state index in [4.69, 9.17) is 11.8 Å². The normalized spacial score (nSPS) is 11.1. The molecule has 2 aromatic heterocycles. The summed E-state index contributed by atoms with van der Waals surface area (Å²) in [6.45, 7) is 45.3. The molecule has 0 fully saturated rings. The van der Waals surface area contributed by atoms with Crippen LogP contribution in [0.3, 0.4) is 0 Å². The monoisotopic (exact) mass is 790 g/mol. The van der Waals surface area contributed by atoms with Gasteiger partial charge in [-0.25, -0.2) is 4.85 Å². The zero-order valence-corrected chi connectivity index (χ0v) is 39.4. The lowest BCUT2D eigenvalue weighted by Crippen LogP contribution is -2.02. The Morgan fingerprint density at radius 3 is 1.12 bits per heavy atom. The molecule has 0 spiro atoms. The zero-order chi connectivity index (χ0) is 44.4. The molecule has 0 aliphatic rings. The highest BCUT2D eigenvalue weighted by Gasteiger charge is 2.26. The predicted octanol–water partition coefficient (Wildman–Crippen LogP) is 15.8. The Labute approximate surface area is 358 Å². The topological polar surface area (TPSA) is 38.0 Å². The molecule has 8 rings (SSSR count). The van der Waals surface area contributed by atoms with Crippen LogP contribution in [0.5, 0.6) is 0 Å². The molecule has 8 aromatic rings. The fourth-order valence-corrected chi connectivity index (χ4v) is 9.89. The zero-order valence-electron chi connectivity index (χ0n) is 39.4. The molecule has 0 saturated heterocycles. The third-order valence-electron chi connectivity index (χ3n) is 14.7. The van der Waals surface area contributed by atoms with E-state index in [1.165, 1.54) is 140 Å². The minimum atomic E-state index is 0.660. The quantitative estimate of drug-likeness (QED) is 0.161. The van der Waals surface area contributed by atoms with Crippen LogP contribution in [0.1, 0.15) is 95.9 Å². The smallest absolute Gasteiger partial charge is 0.188 e. The Kier molecular flexibility index (Phi) is 11.7. The van der Waals surface area contributed by atoms with E-state index < -0.39 is 0 Å². The standard InChI is InChI=1S/C33H32N2.C21H27N.C2H3N/c1-18-20(3)24(7)32-30(22(18)5)31-23(6)19(2)21(4)25(8)33(31)35(32)29-16-15-27(34-9)17-28(29)26-13-11-10-12-14-26;1-10-12(3)16(7)20-18(14(10)5)19-15(6)11(2)13(4)17(8)21(19)22(20)9;1-2-3/h10-17H,1-8H3;1-9H3;1H3. The highest BCUT2D eigenvalue weighted by Crippen LogP contribution is 2.46. The fourth-order valence-electron chi connectivity index (χ4n) is 9.89. The van der Waals surface area contributed by atoms with E-state index in [9.17, 15) is 0 Å². The average molecular weight is 791 g/mol. The first-order chi connectivity index (χ1) is 28.3. The SMILES string of the molecule is CC#N.Cc1c(C)c(C)c2c(c1C)c1c(C)c(C)c(C)c(C)c1n2C.[C-]#[N+]c1ccc(-n2c3c(C)c(C)c(C)c(C)c3c3c(C)c(C)c(C)c(C)c32)c(-c2ccccc2)c1. The molecule has 0 radical (unpaired) electrons. The average Bonchev–Trinajstić information content (AvgIpc) is 3.77. The van der Waals surface area contributed by atoms with Gasteiger partial charge in [-0.1, -0.05) is 36.4 Å². The minimum Gasteiger partial charge on any atom is -0.343 e. The molecule has 0 bridgehead atoms. The van der Waals surface area contributed by atoms with Crippen LogP contribution in [0.25, 0.3) is 65.3 Å². The summed E-state index contributed by atoms with van der Waals surface area (Å²) in [6, 6.07) is 18.4. The van der Waals surface area contributed by atoms with E-state index in [1.807, 2.05) is 18.2 Å². The lowest BCUT2D eigenvalue weighted by molar-refractivity contribution is 0.994. The molecule has 2 heterocycles. The first kappa shape index (κ1) is 43.5. The summed E-state index contributed by atoms with van der Waals surface area (Å²) in [4.78, 5) is 3.76. The Balaban J connectivity index is 0.000000207. The first-order valence-corrected chi connectivity index (χ1v) is 21.1. The molecule has 4 heteroatoms. The van der Waals surface area contributed by atoms with Gasteiger partial charge in [0.15, 0.2) is 5.69 Å². The maximum atomic E-state index is 7.66. The molecule has 0 aliphatic heterocycles. The summed E-state index contributed by atoms with van der Waals surface area (Å²) in [5, 5.41) is 13.0. The van der Waals surface area contributed by atoms with Crippen LogP contribution in [0.2, 0.25) is 0 Å². The molecule has 0 atom stereocenters. The largest absolute Gasteiger partial charge is 0.343 e. The van der Waals surface area contributed by atoms with Crippen molar-refractivity contribution >= 4 is 49.3 Å². The maximum Gasteiger partial charge on any atom is 0.188 e. The molecule has 4 nitrogen and oxygen atoms in total. The van der Waals surface area contributed by atoms with Gasteiger partial charge < -0.3 is 9.13 Å². The molecule has 0 N–H and O–H groups in total. The van der Waals surface area contributed by atoms with Gasteiger partial charge in [0, 0.05) is 35.5 Å². The van der Waals surface area contributed by atoms with Gasteiger partial charge in [-0.2, -0.15) is 5.26 Å². The van der Waals surface area contributed by atoms with Crippen LogP contribution in [-0.2, 0) is 7.05 Å². The van der Waals surface area contributed by atoms with Crippen molar-refractivity contribution in [1.82, 2.24) is 9.13 Å². The third-order valence-corrected chi connectivity index (χ3v) is 14.7. The van der Waals surface area contributed by atoms with Crippen molar-refractivity contribution in [2.45, 2.75) is 118 Å². The molecular formula is C56H62N4. The lowest BCUT2D eigenvalue weighted by Gasteiger charge is -2.19. The van der Waals surface area contributed by atoms with Crippen LogP contribution < -0.4 is 0 Å². The molecular weight excluding hydrogens is 729 g/mol. The number of fused-ring (bicyclic) bond motifs is 6. The van der Waals surface area contributed by atoms with E-state index >= 15 is 0 Å². The number of nitriles is 1. The van der Waals surface area contributed by atoms with Crippen LogP contribution in [0.4, 0.5) is 5.69 Å². The van der Waals surface area contributed by atoms with Gasteiger partial charge in [-0.3, -0.25) is 0 Å². The van der Waals surface area contributed by atoms with Crippen LogP contribution in [-0.4, -0.2) is 9.13 Å². The van der Waals surface area contributed by atoms with Crippen LogP contribution in [0.15, 0.2) is 48.5 Å². The summed E-state index contributed by atoms with van der Waals surface area (Å²) >= 11 is 0. The van der Waals surface area contributed by atoms with Crippen molar-refractivity contribution in [2.24, 2.45) is 7.05 Å². The Morgan fingerprint density at radius 1 is 0.450 bits per heavy atom. The van der Waals surface area contributed by atoms with E-state index in [-0.39, 0.29) is 0 Å². The second-order valence-corrected chi connectivity index (χ2v) is 17.2. The van der Waals surface area contributed by atoms with Crippen molar-refractivity contribution in [3.05, 3.63) is 149 Å². The van der Waals surface area contributed by atoms with Gasteiger partial charge in [0.2, 0.25) is 0 Å². The molecule has 0 saturated carbocycles. The predicted molar refractivity (Wildman–Crippen MR) is 260 cm³/mol. The molecule has 60 heavy (non-hydrogen) atoms. The highest BCUT2D eigenvalue weighted by molar-refractivity contribution is 6.16. The number of aromatic nitrogens is 2. The Hall–Kier alpha value is -6.10. The van der Waals surface area contributed by atoms with Gasteiger partial charge in [0.25, 0.3) is 0 Å². The fraction of sp³-hybridized carbons (Fsp3) is 0.321. The number of nitrogens with zero attached hydrogens (tertiary/aromatic N) is 4. The van der Waals surface area contributed by atoms with Crippen LogP contribution >= 0.6 is 0 Å². The van der Waals surface area contributed by atoms with Crippen molar-refractivity contribution in [3.63, 3.8) is 0 Å². The number of benzene rings is 6. The lowest BCUT2D eigenvalue weighted by atomic mass is 9.90. The van der Waals surface area contributed by atoms with Gasteiger partial charge in [-0.05, 0) is 223 Å². The van der Waals surface area contributed by atoms with Gasteiger partial charge >= 0.3 is 0 Å². The summed E-state index contributed by atoms with van der Waals surface area (Å²) in [5.41, 5.74) is 31.6. The Morgan fingerprint density at radius 2 is 0.767 bits per heavy atom. The van der Waals surface area contributed by atoms with E-state index in [1.54, 1.807) is 6.07 Å². The number of hydrogen-bond donors (Lipinski definition) is 0. The van der Waals surface area contributed by atoms with Gasteiger partial charge in [0.1, 0.15) is 0 Å². The summed E-state index contributed by atoms with van der Waals surface area (Å²) in [7, 11) is 2.23. The molecule has 0 unspecified atom stereocenters. The Bertz CT molecular complexity index is 3010. The number of aryl methyl sites for hydroxylation is 9. The highest BCUT2D eigenvalue weighted by atomic mass is 15.0. The van der Waals surface area contributed by atoms with E-state index in [0.29, 0.717) is 5.69 Å². The van der Waals surface area contributed by atoms with Gasteiger partial charge in [-0.15, -0.1) is 0 Å². The van der Waals surface area contributed by atoms with Crippen molar-refractivity contribution in [2.75, 3.05) is 0 Å². The molecule has 306 valence electrons. The summed E-state index contributed by atoms with van der Waals surface area (Å²) in [5.74, 6) is 0. The van der Waals surface area contributed by atoms with E-state index in [2.05, 4.69) is 162 Å². The molecule has 6 aromatic carbocycles. The van der Waals surface area contributed by atoms with E-state index in [0.717, 1.165) is 16.8 Å². The third kappa shape index (κ3) is 6.40. The number of hydrogen-bond acceptors (Lipinski definition) is 1. The van der Waals surface area contributed by atoms with Crippen molar-refractivity contribution in [1.29, 1.82) is 5.26 Å². The minimum absolute atomic E-state index is 0.660. The summed E-state index contributed by atoms with van der Waals surface area (Å²) < 4.78 is 4.92. The second-order valence-electron chi connectivity index (χ2n) is 17.2. The van der Waals surface area contributed by atoms with Crippen LogP contribution in [0, 0.1) is 129 Å².